The molecule has 1 aromatic heterocycles. The molecular formula is C14H9NO3S. The highest BCUT2D eigenvalue weighted by atomic mass is 32.2. The van der Waals surface area contributed by atoms with Gasteiger partial charge in [0, 0.05) is 9.79 Å². The maximum atomic E-state index is 11.0. The van der Waals surface area contributed by atoms with E-state index in [1.54, 1.807) is 23.9 Å². The number of aromatic nitrogens is 1. The molecule has 1 heterocycles. The Hall–Kier alpha value is -2.27. The summed E-state index contributed by atoms with van der Waals surface area (Å²) in [5, 5.41) is 13.3. The van der Waals surface area contributed by atoms with E-state index in [9.17, 15) is 4.79 Å². The Morgan fingerprint density at radius 3 is 2.63 bits per heavy atom. The standard InChI is InChI=1S/C14H9NO3S/c16-14(17)13-11-8-10(6-7-12(11)15-18-13)19-9-4-2-1-3-5-9/h1-8H,(H,16,17). The van der Waals surface area contributed by atoms with Gasteiger partial charge in [0.05, 0.1) is 5.39 Å². The largest absolute Gasteiger partial charge is 0.475 e. The zero-order chi connectivity index (χ0) is 13.2. The van der Waals surface area contributed by atoms with E-state index >= 15 is 0 Å². The van der Waals surface area contributed by atoms with Gasteiger partial charge in [0.1, 0.15) is 5.52 Å². The number of carboxylic acids is 1. The predicted molar refractivity (Wildman–Crippen MR) is 71.5 cm³/mol. The number of aromatic carboxylic acids is 1. The Kier molecular flexibility index (Phi) is 2.97. The second-order valence-corrected chi connectivity index (χ2v) is 5.06. The fourth-order valence-corrected chi connectivity index (χ4v) is 2.64. The topological polar surface area (TPSA) is 63.3 Å². The Morgan fingerprint density at radius 1 is 1.11 bits per heavy atom. The van der Waals surface area contributed by atoms with Gasteiger partial charge in [0.15, 0.2) is 0 Å². The molecule has 0 fully saturated rings. The smallest absolute Gasteiger partial charge is 0.375 e. The molecule has 1 N–H and O–H groups in total. The second kappa shape index (κ2) is 4.78. The van der Waals surface area contributed by atoms with Crippen molar-refractivity contribution in [3.8, 4) is 0 Å². The minimum absolute atomic E-state index is 0.120. The van der Waals surface area contributed by atoms with Crippen LogP contribution in [0.15, 0.2) is 62.8 Å². The molecule has 0 aliphatic heterocycles. The first kappa shape index (κ1) is 11.8. The number of nitrogens with zero attached hydrogens (tertiary/aromatic N) is 1. The summed E-state index contributed by atoms with van der Waals surface area (Å²) in [6.45, 7) is 0. The van der Waals surface area contributed by atoms with Crippen LogP contribution in [0.5, 0.6) is 0 Å². The van der Waals surface area contributed by atoms with Crippen molar-refractivity contribution >= 4 is 28.6 Å². The van der Waals surface area contributed by atoms with E-state index in [1.807, 2.05) is 36.4 Å². The SMILES string of the molecule is O=C(O)c1onc2ccc(Sc3ccccc3)cc12. The molecule has 0 atom stereocenters. The van der Waals surface area contributed by atoms with Crippen molar-refractivity contribution < 1.29 is 14.4 Å². The summed E-state index contributed by atoms with van der Waals surface area (Å²) in [7, 11) is 0. The molecule has 0 saturated heterocycles. The van der Waals surface area contributed by atoms with Crippen LogP contribution < -0.4 is 0 Å². The summed E-state index contributed by atoms with van der Waals surface area (Å²) in [4.78, 5) is 13.0. The second-order valence-electron chi connectivity index (χ2n) is 3.91. The third-order valence-corrected chi connectivity index (χ3v) is 3.62. The van der Waals surface area contributed by atoms with Crippen molar-refractivity contribution in [1.29, 1.82) is 0 Å². The number of hydrogen-bond acceptors (Lipinski definition) is 4. The van der Waals surface area contributed by atoms with Crippen LogP contribution in [0.3, 0.4) is 0 Å². The summed E-state index contributed by atoms with van der Waals surface area (Å²) in [5.74, 6) is -1.23. The summed E-state index contributed by atoms with van der Waals surface area (Å²) < 4.78 is 4.82. The third kappa shape index (κ3) is 2.32. The maximum absolute atomic E-state index is 11.0. The molecule has 0 bridgehead atoms. The van der Waals surface area contributed by atoms with Crippen LogP contribution in [0.25, 0.3) is 10.9 Å². The van der Waals surface area contributed by atoms with Gasteiger partial charge in [0.25, 0.3) is 5.76 Å². The van der Waals surface area contributed by atoms with Crippen molar-refractivity contribution in [1.82, 2.24) is 5.16 Å². The Balaban J connectivity index is 2.01. The van der Waals surface area contributed by atoms with Crippen LogP contribution in [0, 0.1) is 0 Å². The quantitative estimate of drug-likeness (QED) is 0.787. The molecule has 4 nitrogen and oxygen atoms in total. The lowest BCUT2D eigenvalue weighted by Gasteiger charge is -2.01. The average Bonchev–Trinajstić information content (AvgIpc) is 2.83. The fourth-order valence-electron chi connectivity index (χ4n) is 1.76. The number of rotatable bonds is 3. The van der Waals surface area contributed by atoms with Crippen LogP contribution >= 0.6 is 11.8 Å². The molecule has 0 saturated carbocycles. The van der Waals surface area contributed by atoms with Crippen molar-refractivity contribution in [2.24, 2.45) is 0 Å². The van der Waals surface area contributed by atoms with Crippen LogP contribution in [-0.4, -0.2) is 16.2 Å². The molecular weight excluding hydrogens is 262 g/mol. The van der Waals surface area contributed by atoms with Gasteiger partial charge in [-0.05, 0) is 30.3 Å². The monoisotopic (exact) mass is 271 g/mol. The van der Waals surface area contributed by atoms with Gasteiger partial charge in [-0.15, -0.1) is 0 Å². The van der Waals surface area contributed by atoms with Crippen LogP contribution in [0.4, 0.5) is 0 Å². The molecule has 0 aliphatic rings. The Labute approximate surface area is 113 Å². The van der Waals surface area contributed by atoms with Crippen molar-refractivity contribution in [2.45, 2.75) is 9.79 Å². The van der Waals surface area contributed by atoms with Gasteiger partial charge >= 0.3 is 5.97 Å². The molecule has 19 heavy (non-hydrogen) atoms. The summed E-state index contributed by atoms with van der Waals surface area (Å²) in [5.41, 5.74) is 0.551. The number of fused-ring (bicyclic) bond motifs is 1. The summed E-state index contributed by atoms with van der Waals surface area (Å²) in [6.07, 6.45) is 0. The number of carbonyl (C=O) groups is 1. The highest BCUT2D eigenvalue weighted by molar-refractivity contribution is 7.99. The van der Waals surface area contributed by atoms with E-state index in [4.69, 9.17) is 9.63 Å². The zero-order valence-electron chi connectivity index (χ0n) is 9.74. The van der Waals surface area contributed by atoms with Crippen molar-refractivity contribution in [3.05, 3.63) is 54.3 Å². The molecule has 5 heteroatoms. The minimum Gasteiger partial charge on any atom is -0.475 e. The van der Waals surface area contributed by atoms with Gasteiger partial charge in [0.2, 0.25) is 0 Å². The van der Waals surface area contributed by atoms with Gasteiger partial charge in [-0.2, -0.15) is 0 Å². The maximum Gasteiger partial charge on any atom is 0.375 e. The zero-order valence-corrected chi connectivity index (χ0v) is 10.6. The van der Waals surface area contributed by atoms with Crippen LogP contribution in [-0.2, 0) is 0 Å². The van der Waals surface area contributed by atoms with Crippen LogP contribution in [0.1, 0.15) is 10.6 Å². The normalized spacial score (nSPS) is 10.7. The molecule has 3 rings (SSSR count). The van der Waals surface area contributed by atoms with Gasteiger partial charge in [-0.1, -0.05) is 35.1 Å². The molecule has 0 aliphatic carbocycles. The van der Waals surface area contributed by atoms with E-state index in [2.05, 4.69) is 5.16 Å². The Morgan fingerprint density at radius 2 is 1.89 bits per heavy atom. The van der Waals surface area contributed by atoms with Crippen molar-refractivity contribution in [2.75, 3.05) is 0 Å². The molecule has 2 aromatic carbocycles. The predicted octanol–water partition coefficient (Wildman–Crippen LogP) is 3.68. The number of carboxylic acid groups (broad SMARTS) is 1. The molecule has 3 aromatic rings. The number of hydrogen-bond donors (Lipinski definition) is 1. The lowest BCUT2D eigenvalue weighted by Crippen LogP contribution is -1.93. The first-order valence-electron chi connectivity index (χ1n) is 5.60. The number of benzene rings is 2. The van der Waals surface area contributed by atoms with Gasteiger partial charge in [-0.25, -0.2) is 4.79 Å². The lowest BCUT2D eigenvalue weighted by molar-refractivity contribution is 0.0655. The van der Waals surface area contributed by atoms with E-state index in [0.717, 1.165) is 9.79 Å². The first-order valence-corrected chi connectivity index (χ1v) is 6.41. The first-order chi connectivity index (χ1) is 9.24. The third-order valence-electron chi connectivity index (χ3n) is 2.62. The van der Waals surface area contributed by atoms with Gasteiger partial charge < -0.3 is 9.63 Å². The Bertz CT molecular complexity index is 737. The fraction of sp³-hybridized carbons (Fsp3) is 0. The van der Waals surface area contributed by atoms with E-state index in [1.165, 1.54) is 0 Å². The summed E-state index contributed by atoms with van der Waals surface area (Å²) >= 11 is 1.56. The van der Waals surface area contributed by atoms with E-state index in [-0.39, 0.29) is 5.76 Å². The molecule has 0 radical (unpaired) electrons. The molecule has 0 unspecified atom stereocenters. The van der Waals surface area contributed by atoms with Crippen molar-refractivity contribution in [3.63, 3.8) is 0 Å². The minimum atomic E-state index is -1.11. The van der Waals surface area contributed by atoms with E-state index < -0.39 is 5.97 Å². The van der Waals surface area contributed by atoms with Gasteiger partial charge in [-0.3, -0.25) is 0 Å². The van der Waals surface area contributed by atoms with Crippen LogP contribution in [0.2, 0.25) is 0 Å². The molecule has 94 valence electrons. The highest BCUT2D eigenvalue weighted by Gasteiger charge is 2.15. The molecule has 0 amide bonds. The molecule has 0 spiro atoms. The lowest BCUT2D eigenvalue weighted by atomic mass is 10.2. The highest BCUT2D eigenvalue weighted by Crippen LogP contribution is 2.30. The van der Waals surface area contributed by atoms with E-state index in [0.29, 0.717) is 10.9 Å². The summed E-state index contributed by atoms with van der Waals surface area (Å²) in [6, 6.07) is 15.3. The average molecular weight is 271 g/mol.